The summed E-state index contributed by atoms with van der Waals surface area (Å²) < 4.78 is 63.3. The normalized spacial score (nSPS) is 11.9. The van der Waals surface area contributed by atoms with E-state index in [1.165, 1.54) is 38.5 Å². The van der Waals surface area contributed by atoms with E-state index < -0.39 is 22.3 Å². The van der Waals surface area contributed by atoms with Crippen LogP contribution >= 0.6 is 0 Å². The van der Waals surface area contributed by atoms with Crippen LogP contribution in [0.1, 0.15) is 71.1 Å². The van der Waals surface area contributed by atoms with Crippen LogP contribution in [-0.4, -0.2) is 31.5 Å². The molecule has 0 aromatic carbocycles. The van der Waals surface area contributed by atoms with Gasteiger partial charge in [0.15, 0.2) is 0 Å². The summed E-state index contributed by atoms with van der Waals surface area (Å²) >= 11 is 0. The van der Waals surface area contributed by atoms with Crippen molar-refractivity contribution in [2.75, 3.05) is 6.61 Å². The maximum absolute atomic E-state index is 11.5. The van der Waals surface area contributed by atoms with E-state index in [9.17, 15) is 13.0 Å². The predicted molar refractivity (Wildman–Crippen MR) is 121 cm³/mol. The Kier molecular flexibility index (Phi) is 15.6. The first-order valence-electron chi connectivity index (χ1n) is 10.7. The maximum atomic E-state index is 11.5. The average molecular weight is 479 g/mol. The standard InChI is InChI=1S/C22H38O9S/c1-6-11-12-13-14-15-16-17-18-19-20-30-21(26-7-2,27-8-3)22(28-9-4,29-10-5)31-32(23,24)25/h7-10H,2-6,11-20H2,1H3,(H,23,24,25). The van der Waals surface area contributed by atoms with Crippen LogP contribution < -0.4 is 0 Å². The summed E-state index contributed by atoms with van der Waals surface area (Å²) in [7, 11) is -5.15. The molecule has 0 rings (SSSR count). The molecule has 0 saturated carbocycles. The van der Waals surface area contributed by atoms with Crippen molar-refractivity contribution in [1.82, 2.24) is 0 Å². The van der Waals surface area contributed by atoms with Crippen LogP contribution in [0.15, 0.2) is 51.4 Å². The number of unbranched alkanes of at least 4 members (excludes halogenated alkanes) is 9. The van der Waals surface area contributed by atoms with Crippen LogP contribution in [-0.2, 0) is 38.3 Å². The third-order valence-electron chi connectivity index (χ3n) is 4.33. The lowest BCUT2D eigenvalue weighted by Gasteiger charge is -2.41. The molecule has 0 aliphatic rings. The van der Waals surface area contributed by atoms with Gasteiger partial charge < -0.3 is 18.9 Å². The Balaban J connectivity index is 5.14. The maximum Gasteiger partial charge on any atom is 0.501 e. The van der Waals surface area contributed by atoms with Crippen molar-refractivity contribution in [3.63, 3.8) is 0 Å². The zero-order valence-corrected chi connectivity index (χ0v) is 19.9. The lowest BCUT2D eigenvalue weighted by molar-refractivity contribution is -0.510. The molecule has 0 radical (unpaired) electrons. The Bertz CT molecular complexity index is 626. The molecule has 0 atom stereocenters. The van der Waals surface area contributed by atoms with Crippen molar-refractivity contribution < 1.29 is 40.8 Å². The van der Waals surface area contributed by atoms with Crippen LogP contribution in [0.2, 0.25) is 0 Å². The molecule has 186 valence electrons. The van der Waals surface area contributed by atoms with E-state index in [-0.39, 0.29) is 6.61 Å². The van der Waals surface area contributed by atoms with Gasteiger partial charge in [-0.1, -0.05) is 91.0 Å². The Morgan fingerprint density at radius 1 is 0.688 bits per heavy atom. The Morgan fingerprint density at radius 2 is 1.06 bits per heavy atom. The second-order valence-corrected chi connectivity index (χ2v) is 7.81. The molecule has 0 aliphatic carbocycles. The lowest BCUT2D eigenvalue weighted by Crippen LogP contribution is -2.62. The Morgan fingerprint density at radius 3 is 1.44 bits per heavy atom. The number of hydrogen-bond donors (Lipinski definition) is 1. The first-order valence-corrected chi connectivity index (χ1v) is 12.1. The van der Waals surface area contributed by atoms with E-state index in [2.05, 4.69) is 37.4 Å². The average Bonchev–Trinajstić information content (AvgIpc) is 2.71. The molecule has 0 unspecified atom stereocenters. The highest BCUT2D eigenvalue weighted by Crippen LogP contribution is 2.38. The Hall–Kier alpha value is -2.01. The summed E-state index contributed by atoms with van der Waals surface area (Å²) in [6.07, 6.45) is 14.4. The molecular formula is C22H38O9S. The van der Waals surface area contributed by atoms with Crippen molar-refractivity contribution in [3.05, 3.63) is 51.4 Å². The molecule has 0 aromatic rings. The fourth-order valence-electron chi connectivity index (χ4n) is 2.96. The molecule has 0 aliphatic heterocycles. The van der Waals surface area contributed by atoms with Crippen LogP contribution in [0, 0.1) is 0 Å². The topological polar surface area (TPSA) is 110 Å². The molecule has 0 heterocycles. The van der Waals surface area contributed by atoms with Gasteiger partial charge in [-0.25, -0.2) is 0 Å². The minimum atomic E-state index is -5.15. The van der Waals surface area contributed by atoms with Crippen LogP contribution in [0.4, 0.5) is 0 Å². The molecular weight excluding hydrogens is 440 g/mol. The summed E-state index contributed by atoms with van der Waals surface area (Å²) in [6.45, 7) is 15.8. The monoisotopic (exact) mass is 478 g/mol. The van der Waals surface area contributed by atoms with Crippen LogP contribution in [0.3, 0.4) is 0 Å². The summed E-state index contributed by atoms with van der Waals surface area (Å²) in [4.78, 5) is 0. The van der Waals surface area contributed by atoms with Crippen molar-refractivity contribution in [1.29, 1.82) is 0 Å². The molecule has 10 heteroatoms. The van der Waals surface area contributed by atoms with Crippen molar-refractivity contribution in [3.8, 4) is 0 Å². The number of hydrogen-bond acceptors (Lipinski definition) is 8. The van der Waals surface area contributed by atoms with Gasteiger partial charge in [0.25, 0.3) is 0 Å². The minimum Gasteiger partial charge on any atom is -0.430 e. The highest BCUT2D eigenvalue weighted by Gasteiger charge is 2.68. The second-order valence-electron chi connectivity index (χ2n) is 6.79. The smallest absolute Gasteiger partial charge is 0.430 e. The van der Waals surface area contributed by atoms with E-state index in [0.29, 0.717) is 6.42 Å². The number of ether oxygens (including phenoxy) is 5. The summed E-state index contributed by atoms with van der Waals surface area (Å²) in [5, 5.41) is 0. The van der Waals surface area contributed by atoms with Gasteiger partial charge in [0, 0.05) is 0 Å². The fraction of sp³-hybridized carbons (Fsp3) is 0.636. The molecule has 0 saturated heterocycles. The highest BCUT2D eigenvalue weighted by atomic mass is 32.3. The van der Waals surface area contributed by atoms with E-state index in [0.717, 1.165) is 44.3 Å². The van der Waals surface area contributed by atoms with Crippen molar-refractivity contribution in [2.24, 2.45) is 0 Å². The molecule has 1 N–H and O–H groups in total. The molecule has 9 nitrogen and oxygen atoms in total. The van der Waals surface area contributed by atoms with Gasteiger partial charge in [-0.15, -0.1) is 0 Å². The van der Waals surface area contributed by atoms with Crippen LogP contribution in [0.5, 0.6) is 0 Å². The van der Waals surface area contributed by atoms with Crippen molar-refractivity contribution in [2.45, 2.75) is 83.1 Å². The van der Waals surface area contributed by atoms with Gasteiger partial charge in [0.2, 0.25) is 0 Å². The molecule has 0 spiro atoms. The second kappa shape index (κ2) is 16.6. The quantitative estimate of drug-likeness (QED) is 0.0856. The van der Waals surface area contributed by atoms with Crippen LogP contribution in [0.25, 0.3) is 0 Å². The third-order valence-corrected chi connectivity index (χ3v) is 4.76. The van der Waals surface area contributed by atoms with Gasteiger partial charge >= 0.3 is 22.3 Å². The van der Waals surface area contributed by atoms with Gasteiger partial charge in [0.1, 0.15) is 0 Å². The van der Waals surface area contributed by atoms with E-state index in [4.69, 9.17) is 23.7 Å². The number of rotatable bonds is 23. The first kappa shape index (κ1) is 30.0. The summed E-state index contributed by atoms with van der Waals surface area (Å²) in [5.74, 6) is -5.36. The van der Waals surface area contributed by atoms with Gasteiger partial charge in [-0.3, -0.25) is 9.29 Å². The van der Waals surface area contributed by atoms with Gasteiger partial charge in [-0.05, 0) is 6.42 Å². The largest absolute Gasteiger partial charge is 0.501 e. The van der Waals surface area contributed by atoms with E-state index >= 15 is 0 Å². The molecule has 32 heavy (non-hydrogen) atoms. The SMILES string of the molecule is C=COC(OC=C)(OCCCCCCCCCCCC)C(OC=C)(OC=C)OS(=O)(=O)O. The lowest BCUT2D eigenvalue weighted by atomic mass is 10.1. The summed E-state index contributed by atoms with van der Waals surface area (Å²) in [5.41, 5.74) is 0. The predicted octanol–water partition coefficient (Wildman–Crippen LogP) is 5.69. The van der Waals surface area contributed by atoms with E-state index in [1.807, 2.05) is 0 Å². The molecule has 0 fully saturated rings. The van der Waals surface area contributed by atoms with Gasteiger partial charge in [-0.2, -0.15) is 12.6 Å². The zero-order valence-electron chi connectivity index (χ0n) is 19.0. The first-order chi connectivity index (χ1) is 15.3. The third kappa shape index (κ3) is 11.0. The fourth-order valence-corrected chi connectivity index (χ4v) is 3.42. The van der Waals surface area contributed by atoms with Gasteiger partial charge in [0.05, 0.1) is 31.7 Å². The molecule has 0 amide bonds. The molecule has 0 aromatic heterocycles. The molecule has 0 bridgehead atoms. The van der Waals surface area contributed by atoms with E-state index in [1.54, 1.807) is 0 Å². The Labute approximate surface area is 192 Å². The van der Waals surface area contributed by atoms with Crippen molar-refractivity contribution >= 4 is 10.4 Å². The summed E-state index contributed by atoms with van der Waals surface area (Å²) in [6, 6.07) is 0. The zero-order chi connectivity index (χ0) is 24.3. The minimum absolute atomic E-state index is 0.0375. The highest BCUT2D eigenvalue weighted by molar-refractivity contribution is 7.80.